The minimum Gasteiger partial charge on any atom is -0.300 e. The van der Waals surface area contributed by atoms with Gasteiger partial charge in [0, 0.05) is 22.9 Å². The van der Waals surface area contributed by atoms with E-state index < -0.39 is 0 Å². The Morgan fingerprint density at radius 1 is 1.04 bits per heavy atom. The van der Waals surface area contributed by atoms with Gasteiger partial charge in [-0.25, -0.2) is 0 Å². The lowest BCUT2D eigenvalue weighted by molar-refractivity contribution is -0.116. The van der Waals surface area contributed by atoms with E-state index in [0.29, 0.717) is 28.8 Å². The van der Waals surface area contributed by atoms with Crippen LogP contribution in [0.1, 0.15) is 54.5 Å². The van der Waals surface area contributed by atoms with Gasteiger partial charge in [-0.05, 0) is 59.7 Å². The molecule has 0 unspecified atom stereocenters. The first-order valence-electron chi connectivity index (χ1n) is 7.83. The molecule has 0 heterocycles. The van der Waals surface area contributed by atoms with Gasteiger partial charge in [-0.2, -0.15) is 0 Å². The number of hydrogen-bond acceptors (Lipinski definition) is 1. The normalized spacial score (nSPS) is 11.1. The molecular weight excluding hydrogens is 327 g/mol. The fourth-order valence-corrected chi connectivity index (χ4v) is 3.51. The molecular formula is C20H22Cl2O. The van der Waals surface area contributed by atoms with Gasteiger partial charge in [0.25, 0.3) is 0 Å². The number of carbonyl (C=O) groups excluding carboxylic acids is 1. The van der Waals surface area contributed by atoms with Crippen LogP contribution in [-0.2, 0) is 17.6 Å². The summed E-state index contributed by atoms with van der Waals surface area (Å²) < 4.78 is 0. The average molecular weight is 349 g/mol. The van der Waals surface area contributed by atoms with Gasteiger partial charge < -0.3 is 0 Å². The van der Waals surface area contributed by atoms with Crippen LogP contribution < -0.4 is 0 Å². The number of benzene rings is 2. The molecule has 0 spiro atoms. The fraction of sp³-hybridized carbons (Fsp3) is 0.350. The second-order valence-electron chi connectivity index (χ2n) is 6.44. The molecule has 1 nitrogen and oxygen atoms in total. The van der Waals surface area contributed by atoms with E-state index in [1.54, 1.807) is 6.92 Å². The summed E-state index contributed by atoms with van der Waals surface area (Å²) in [5.41, 5.74) is 5.63. The Kier molecular flexibility index (Phi) is 5.89. The smallest absolute Gasteiger partial charge is 0.134 e. The number of Topliss-reactive ketones (excluding diaryl/α,β-unsaturated/α-hetero) is 1. The molecule has 0 saturated carbocycles. The van der Waals surface area contributed by atoms with Crippen molar-refractivity contribution >= 4 is 29.0 Å². The molecule has 0 radical (unpaired) electrons. The molecule has 0 saturated heterocycles. The van der Waals surface area contributed by atoms with Gasteiger partial charge in [-0.15, -0.1) is 0 Å². The minimum absolute atomic E-state index is 0.102. The van der Waals surface area contributed by atoms with Gasteiger partial charge in [0.05, 0.1) is 0 Å². The maximum absolute atomic E-state index is 11.3. The zero-order valence-electron chi connectivity index (χ0n) is 14.0. The molecule has 0 atom stereocenters. The van der Waals surface area contributed by atoms with Crippen LogP contribution in [-0.4, -0.2) is 5.78 Å². The first kappa shape index (κ1) is 18.0. The predicted octanol–water partition coefficient (Wildman–Crippen LogP) is 6.15. The standard InChI is InChI=1S/C20H22Cl2O/c1-12(2)17-8-15(6-5-13(17)3)9-18-19(21)10-16(7-14(4)23)11-20(18)22/h5-6,8,10-12H,7,9H2,1-4H3. The molecule has 0 N–H and O–H groups in total. The Morgan fingerprint density at radius 2 is 1.65 bits per heavy atom. The van der Waals surface area contributed by atoms with Crippen molar-refractivity contribution in [1.82, 2.24) is 0 Å². The first-order chi connectivity index (χ1) is 10.8. The molecule has 2 aromatic carbocycles. The van der Waals surface area contributed by atoms with Crippen molar-refractivity contribution in [3.63, 3.8) is 0 Å². The van der Waals surface area contributed by atoms with Gasteiger partial charge in [0.15, 0.2) is 0 Å². The summed E-state index contributed by atoms with van der Waals surface area (Å²) in [6.07, 6.45) is 1.06. The summed E-state index contributed by atoms with van der Waals surface area (Å²) >= 11 is 12.8. The molecule has 23 heavy (non-hydrogen) atoms. The average Bonchev–Trinajstić information content (AvgIpc) is 2.43. The maximum atomic E-state index is 11.3. The molecule has 0 bridgehead atoms. The highest BCUT2D eigenvalue weighted by molar-refractivity contribution is 6.36. The third-order valence-corrected chi connectivity index (χ3v) is 4.67. The highest BCUT2D eigenvalue weighted by Crippen LogP contribution is 2.30. The van der Waals surface area contributed by atoms with Crippen LogP contribution in [0.15, 0.2) is 30.3 Å². The van der Waals surface area contributed by atoms with E-state index in [0.717, 1.165) is 11.1 Å². The van der Waals surface area contributed by atoms with E-state index in [9.17, 15) is 4.79 Å². The van der Waals surface area contributed by atoms with Crippen molar-refractivity contribution < 1.29 is 4.79 Å². The van der Waals surface area contributed by atoms with Gasteiger partial charge in [0.2, 0.25) is 0 Å². The topological polar surface area (TPSA) is 17.1 Å². The Hall–Kier alpha value is -1.31. The van der Waals surface area contributed by atoms with Crippen molar-refractivity contribution in [2.24, 2.45) is 0 Å². The fourth-order valence-electron chi connectivity index (χ4n) is 2.84. The monoisotopic (exact) mass is 348 g/mol. The SMILES string of the molecule is CC(=O)Cc1cc(Cl)c(Cc2ccc(C)c(C(C)C)c2)c(Cl)c1. The van der Waals surface area contributed by atoms with Crippen molar-refractivity contribution in [2.45, 2.75) is 46.5 Å². The van der Waals surface area contributed by atoms with E-state index >= 15 is 0 Å². The van der Waals surface area contributed by atoms with E-state index in [2.05, 4.69) is 39.0 Å². The van der Waals surface area contributed by atoms with Crippen LogP contribution in [0, 0.1) is 6.92 Å². The summed E-state index contributed by atoms with van der Waals surface area (Å²) in [7, 11) is 0. The molecule has 0 aliphatic carbocycles. The number of halogens is 2. The van der Waals surface area contributed by atoms with E-state index in [4.69, 9.17) is 23.2 Å². The second kappa shape index (κ2) is 7.51. The first-order valence-corrected chi connectivity index (χ1v) is 8.59. The molecule has 0 aliphatic heterocycles. The predicted molar refractivity (Wildman–Crippen MR) is 98.9 cm³/mol. The van der Waals surface area contributed by atoms with Crippen LogP contribution >= 0.6 is 23.2 Å². The number of rotatable bonds is 5. The van der Waals surface area contributed by atoms with Crippen molar-refractivity contribution in [3.8, 4) is 0 Å². The van der Waals surface area contributed by atoms with Crippen molar-refractivity contribution in [1.29, 1.82) is 0 Å². The van der Waals surface area contributed by atoms with Crippen LogP contribution in [0.5, 0.6) is 0 Å². The quantitative estimate of drug-likeness (QED) is 0.633. The van der Waals surface area contributed by atoms with Crippen LogP contribution in [0.3, 0.4) is 0 Å². The molecule has 0 amide bonds. The lowest BCUT2D eigenvalue weighted by Gasteiger charge is -2.14. The molecule has 2 rings (SSSR count). The van der Waals surface area contributed by atoms with Gasteiger partial charge in [-0.3, -0.25) is 4.79 Å². The van der Waals surface area contributed by atoms with Crippen LogP contribution in [0.25, 0.3) is 0 Å². The maximum Gasteiger partial charge on any atom is 0.134 e. The Balaban J connectivity index is 2.33. The van der Waals surface area contributed by atoms with E-state index in [-0.39, 0.29) is 5.78 Å². The third-order valence-electron chi connectivity index (χ3n) is 4.00. The number of aryl methyl sites for hydroxylation is 1. The van der Waals surface area contributed by atoms with Gasteiger partial charge in [0.1, 0.15) is 5.78 Å². The number of ketones is 1. The van der Waals surface area contributed by atoms with Gasteiger partial charge >= 0.3 is 0 Å². The summed E-state index contributed by atoms with van der Waals surface area (Å²) in [4.78, 5) is 11.3. The minimum atomic E-state index is 0.102. The highest BCUT2D eigenvalue weighted by Gasteiger charge is 2.12. The number of hydrogen-bond donors (Lipinski definition) is 0. The summed E-state index contributed by atoms with van der Waals surface area (Å²) in [6.45, 7) is 8.09. The molecule has 122 valence electrons. The summed E-state index contributed by atoms with van der Waals surface area (Å²) in [5.74, 6) is 0.587. The Morgan fingerprint density at radius 3 is 2.17 bits per heavy atom. The molecule has 0 aliphatic rings. The molecule has 2 aromatic rings. The number of carbonyl (C=O) groups is 1. The third kappa shape index (κ3) is 4.59. The lowest BCUT2D eigenvalue weighted by atomic mass is 9.93. The van der Waals surface area contributed by atoms with Crippen molar-refractivity contribution in [3.05, 3.63) is 68.2 Å². The zero-order chi connectivity index (χ0) is 17.1. The summed E-state index contributed by atoms with van der Waals surface area (Å²) in [5, 5.41) is 1.25. The Labute approximate surface area is 148 Å². The Bertz CT molecular complexity index is 709. The zero-order valence-corrected chi connectivity index (χ0v) is 15.6. The van der Waals surface area contributed by atoms with Gasteiger partial charge in [-0.1, -0.05) is 55.2 Å². The second-order valence-corrected chi connectivity index (χ2v) is 7.25. The summed E-state index contributed by atoms with van der Waals surface area (Å²) in [6, 6.07) is 10.2. The molecule has 0 fully saturated rings. The van der Waals surface area contributed by atoms with Crippen molar-refractivity contribution in [2.75, 3.05) is 0 Å². The largest absolute Gasteiger partial charge is 0.300 e. The highest BCUT2D eigenvalue weighted by atomic mass is 35.5. The van der Waals surface area contributed by atoms with E-state index in [1.165, 1.54) is 16.7 Å². The lowest BCUT2D eigenvalue weighted by Crippen LogP contribution is -2.00. The van der Waals surface area contributed by atoms with Crippen LogP contribution in [0.2, 0.25) is 10.0 Å². The van der Waals surface area contributed by atoms with Crippen LogP contribution in [0.4, 0.5) is 0 Å². The molecule has 3 heteroatoms. The molecule has 0 aromatic heterocycles. The van der Waals surface area contributed by atoms with E-state index in [1.807, 2.05) is 12.1 Å².